The first-order chi connectivity index (χ1) is 7.20. The molecule has 0 aromatic heterocycles. The first-order valence-electron chi connectivity index (χ1n) is 6.47. The van der Waals surface area contributed by atoms with Crippen LogP contribution in [-0.4, -0.2) is 12.5 Å². The van der Waals surface area contributed by atoms with Crippen molar-refractivity contribution in [3.05, 3.63) is 0 Å². The van der Waals surface area contributed by atoms with E-state index in [0.717, 1.165) is 13.0 Å². The monoisotopic (exact) mass is 213 g/mol. The summed E-state index contributed by atoms with van der Waals surface area (Å²) in [6, 6.07) is 0. The maximum atomic E-state index is 11.2. The highest BCUT2D eigenvalue weighted by atomic mass is 16.1. The van der Waals surface area contributed by atoms with Crippen molar-refractivity contribution < 1.29 is 4.79 Å². The lowest BCUT2D eigenvalue weighted by Crippen LogP contribution is -2.22. The van der Waals surface area contributed by atoms with Crippen LogP contribution in [0.1, 0.15) is 65.7 Å². The third-order valence-electron chi connectivity index (χ3n) is 2.79. The third-order valence-corrected chi connectivity index (χ3v) is 2.79. The number of unbranched alkanes of at least 4 members (excludes halogenated alkanes) is 3. The Kier molecular flexibility index (Phi) is 9.65. The van der Waals surface area contributed by atoms with E-state index in [1.165, 1.54) is 32.1 Å². The first-order valence-corrected chi connectivity index (χ1v) is 6.47. The molecule has 1 amide bonds. The molecule has 1 N–H and O–H groups in total. The minimum absolute atomic E-state index is 0.206. The molecule has 1 atom stereocenters. The highest BCUT2D eigenvalue weighted by Crippen LogP contribution is 2.15. The molecule has 0 bridgehead atoms. The fourth-order valence-electron chi connectivity index (χ4n) is 1.73. The van der Waals surface area contributed by atoms with Gasteiger partial charge in [0.2, 0.25) is 5.91 Å². The van der Waals surface area contributed by atoms with Crippen molar-refractivity contribution in [1.29, 1.82) is 0 Å². The van der Waals surface area contributed by atoms with Gasteiger partial charge in [-0.2, -0.15) is 0 Å². The molecule has 0 saturated heterocycles. The Labute approximate surface area is 94.8 Å². The summed E-state index contributed by atoms with van der Waals surface area (Å²) >= 11 is 0. The summed E-state index contributed by atoms with van der Waals surface area (Å²) in [5, 5.41) is 2.84. The van der Waals surface area contributed by atoms with Gasteiger partial charge < -0.3 is 5.32 Å². The average Bonchev–Trinajstić information content (AvgIpc) is 2.22. The topological polar surface area (TPSA) is 29.1 Å². The number of carbonyl (C=O) groups excluding carboxylic acids is 1. The fraction of sp³-hybridized carbons (Fsp3) is 0.923. The highest BCUT2D eigenvalue weighted by Gasteiger charge is 2.05. The second-order valence-corrected chi connectivity index (χ2v) is 4.45. The molecule has 0 aromatic rings. The van der Waals surface area contributed by atoms with Crippen LogP contribution in [0.3, 0.4) is 0 Å². The van der Waals surface area contributed by atoms with Crippen molar-refractivity contribution in [3.8, 4) is 0 Å². The molecule has 0 heterocycles. The Balaban J connectivity index is 3.32. The number of hydrogen-bond donors (Lipinski definition) is 1. The van der Waals surface area contributed by atoms with Crippen molar-refractivity contribution in [2.45, 2.75) is 65.7 Å². The molecule has 0 fully saturated rings. The molecule has 0 spiro atoms. The van der Waals surface area contributed by atoms with Gasteiger partial charge in [-0.05, 0) is 19.3 Å². The predicted octanol–water partition coefficient (Wildman–Crippen LogP) is 3.51. The van der Waals surface area contributed by atoms with Crippen LogP contribution in [0.4, 0.5) is 0 Å². The van der Waals surface area contributed by atoms with E-state index in [4.69, 9.17) is 0 Å². The number of nitrogens with one attached hydrogen (secondary N) is 1. The number of carbonyl (C=O) groups is 1. The van der Waals surface area contributed by atoms with Crippen LogP contribution in [0.25, 0.3) is 0 Å². The van der Waals surface area contributed by atoms with Crippen molar-refractivity contribution in [2.24, 2.45) is 5.92 Å². The fourth-order valence-corrected chi connectivity index (χ4v) is 1.73. The molecule has 0 radical (unpaired) electrons. The minimum Gasteiger partial charge on any atom is -0.356 e. The highest BCUT2D eigenvalue weighted by molar-refractivity contribution is 5.75. The lowest BCUT2D eigenvalue weighted by Gasteiger charge is -2.10. The summed E-state index contributed by atoms with van der Waals surface area (Å²) in [7, 11) is 0. The zero-order valence-corrected chi connectivity index (χ0v) is 10.6. The van der Waals surface area contributed by atoms with Crippen molar-refractivity contribution in [1.82, 2.24) is 5.32 Å². The van der Waals surface area contributed by atoms with Crippen LogP contribution in [0.2, 0.25) is 0 Å². The van der Waals surface area contributed by atoms with Gasteiger partial charge in [-0.1, -0.05) is 46.0 Å². The normalized spacial score (nSPS) is 12.5. The Morgan fingerprint density at radius 2 is 1.87 bits per heavy atom. The molecule has 0 rings (SSSR count). The largest absolute Gasteiger partial charge is 0.356 e. The maximum absolute atomic E-state index is 11.2. The summed E-state index contributed by atoms with van der Waals surface area (Å²) in [5.74, 6) is 0.905. The molecule has 0 aliphatic rings. The predicted molar refractivity (Wildman–Crippen MR) is 65.8 cm³/mol. The van der Waals surface area contributed by atoms with Crippen LogP contribution in [-0.2, 0) is 4.79 Å². The molecule has 0 aliphatic heterocycles. The zero-order chi connectivity index (χ0) is 11.5. The molecular formula is C13H27NO. The summed E-state index contributed by atoms with van der Waals surface area (Å²) in [5.41, 5.74) is 0. The Hall–Kier alpha value is -0.530. The second kappa shape index (κ2) is 10.0. The smallest absolute Gasteiger partial charge is 0.219 e. The van der Waals surface area contributed by atoms with Gasteiger partial charge in [-0.3, -0.25) is 4.79 Å². The molecular weight excluding hydrogens is 186 g/mol. The summed E-state index contributed by atoms with van der Waals surface area (Å²) < 4.78 is 0. The average molecular weight is 213 g/mol. The van der Waals surface area contributed by atoms with E-state index < -0.39 is 0 Å². The molecule has 90 valence electrons. The molecule has 2 nitrogen and oxygen atoms in total. The molecule has 0 aromatic carbocycles. The van der Waals surface area contributed by atoms with Gasteiger partial charge >= 0.3 is 0 Å². The van der Waals surface area contributed by atoms with E-state index in [0.29, 0.717) is 12.3 Å². The van der Waals surface area contributed by atoms with Crippen molar-refractivity contribution in [3.63, 3.8) is 0 Å². The quantitative estimate of drug-likeness (QED) is 0.583. The van der Waals surface area contributed by atoms with E-state index in [1.54, 1.807) is 0 Å². The van der Waals surface area contributed by atoms with Gasteiger partial charge in [-0.25, -0.2) is 0 Å². The number of amides is 1. The molecule has 0 aliphatic carbocycles. The number of hydrogen-bond acceptors (Lipinski definition) is 1. The van der Waals surface area contributed by atoms with Crippen LogP contribution in [0, 0.1) is 5.92 Å². The summed E-state index contributed by atoms with van der Waals surface area (Å²) in [6.07, 6.45) is 8.34. The van der Waals surface area contributed by atoms with Gasteiger partial charge in [0, 0.05) is 13.0 Å². The SMILES string of the molecule is CCCCCCC(C)CCC(=O)NCC. The van der Waals surface area contributed by atoms with Crippen LogP contribution in [0.5, 0.6) is 0 Å². The van der Waals surface area contributed by atoms with Crippen LogP contribution >= 0.6 is 0 Å². The van der Waals surface area contributed by atoms with Crippen LogP contribution in [0.15, 0.2) is 0 Å². The molecule has 2 heteroatoms. The molecule has 1 unspecified atom stereocenters. The lowest BCUT2D eigenvalue weighted by atomic mass is 9.98. The maximum Gasteiger partial charge on any atom is 0.219 e. The van der Waals surface area contributed by atoms with E-state index in [1.807, 2.05) is 6.92 Å². The Morgan fingerprint density at radius 3 is 2.47 bits per heavy atom. The van der Waals surface area contributed by atoms with Gasteiger partial charge in [0.1, 0.15) is 0 Å². The lowest BCUT2D eigenvalue weighted by molar-refractivity contribution is -0.121. The zero-order valence-electron chi connectivity index (χ0n) is 10.6. The van der Waals surface area contributed by atoms with E-state index >= 15 is 0 Å². The van der Waals surface area contributed by atoms with E-state index in [2.05, 4.69) is 19.2 Å². The van der Waals surface area contributed by atoms with Crippen molar-refractivity contribution in [2.75, 3.05) is 6.54 Å². The minimum atomic E-state index is 0.206. The first kappa shape index (κ1) is 14.5. The standard InChI is InChI=1S/C13H27NO/c1-4-6-7-8-9-12(3)10-11-13(15)14-5-2/h12H,4-11H2,1-3H3,(H,14,15). The van der Waals surface area contributed by atoms with Crippen molar-refractivity contribution >= 4 is 5.91 Å². The summed E-state index contributed by atoms with van der Waals surface area (Å²) in [4.78, 5) is 11.2. The van der Waals surface area contributed by atoms with Gasteiger partial charge in [0.15, 0.2) is 0 Å². The summed E-state index contributed by atoms with van der Waals surface area (Å²) in [6.45, 7) is 7.21. The van der Waals surface area contributed by atoms with E-state index in [9.17, 15) is 4.79 Å². The van der Waals surface area contributed by atoms with E-state index in [-0.39, 0.29) is 5.91 Å². The molecule has 15 heavy (non-hydrogen) atoms. The Morgan fingerprint density at radius 1 is 1.13 bits per heavy atom. The number of rotatable bonds is 9. The van der Waals surface area contributed by atoms with Gasteiger partial charge in [-0.15, -0.1) is 0 Å². The third kappa shape index (κ3) is 9.77. The second-order valence-electron chi connectivity index (χ2n) is 4.45. The molecule has 0 saturated carbocycles. The van der Waals surface area contributed by atoms with Gasteiger partial charge in [0.25, 0.3) is 0 Å². The van der Waals surface area contributed by atoms with Gasteiger partial charge in [0.05, 0.1) is 0 Å². The van der Waals surface area contributed by atoms with Crippen LogP contribution < -0.4 is 5.32 Å². The Bertz CT molecular complexity index is 157.